The maximum Gasteiger partial charge on any atom is 0.270 e. The highest BCUT2D eigenvalue weighted by molar-refractivity contribution is 7.09. The van der Waals surface area contributed by atoms with E-state index in [9.17, 15) is 18.8 Å². The van der Waals surface area contributed by atoms with Crippen molar-refractivity contribution in [1.82, 2.24) is 10.3 Å². The van der Waals surface area contributed by atoms with Crippen molar-refractivity contribution in [3.63, 3.8) is 0 Å². The molecule has 1 aromatic heterocycles. The summed E-state index contributed by atoms with van der Waals surface area (Å²) in [5.41, 5.74) is 1.08. The van der Waals surface area contributed by atoms with Crippen LogP contribution in [0.25, 0.3) is 0 Å². The lowest BCUT2D eigenvalue weighted by atomic mass is 10.1. The number of ketones is 1. The molecule has 3 aromatic rings. The van der Waals surface area contributed by atoms with Crippen LogP contribution in [0.5, 0.6) is 11.5 Å². The number of thiazole rings is 1. The quantitative estimate of drug-likeness (QED) is 0.467. The van der Waals surface area contributed by atoms with Crippen LogP contribution >= 0.6 is 11.3 Å². The highest BCUT2D eigenvalue weighted by atomic mass is 32.1. The Kier molecular flexibility index (Phi) is 7.17. The van der Waals surface area contributed by atoms with Gasteiger partial charge in [-0.2, -0.15) is 0 Å². The molecule has 4 rings (SSSR count). The molecule has 0 saturated carbocycles. The largest absolute Gasteiger partial charge is 0.485 e. The summed E-state index contributed by atoms with van der Waals surface area (Å²) in [6, 6.07) is 10.2. The second-order valence-electron chi connectivity index (χ2n) is 7.50. The third-order valence-corrected chi connectivity index (χ3v) is 5.85. The van der Waals surface area contributed by atoms with Gasteiger partial charge >= 0.3 is 0 Å². The number of nitrogens with zero attached hydrogens (tertiary/aromatic N) is 2. The monoisotopic (exact) mass is 483 g/mol. The van der Waals surface area contributed by atoms with Crippen LogP contribution in [0, 0.1) is 5.82 Å². The number of nitrogens with one attached hydrogen (secondary N) is 1. The number of fused-ring (bicyclic) bond motifs is 1. The van der Waals surface area contributed by atoms with Crippen LogP contribution in [0.3, 0.4) is 0 Å². The summed E-state index contributed by atoms with van der Waals surface area (Å²) in [4.78, 5) is 43.3. The molecule has 0 atom stereocenters. The predicted octanol–water partition coefficient (Wildman–Crippen LogP) is 3.61. The highest BCUT2D eigenvalue weighted by Crippen LogP contribution is 2.34. The van der Waals surface area contributed by atoms with Crippen molar-refractivity contribution in [3.05, 3.63) is 69.9 Å². The first kappa shape index (κ1) is 23.4. The van der Waals surface area contributed by atoms with Gasteiger partial charge in [-0.05, 0) is 48.9 Å². The summed E-state index contributed by atoms with van der Waals surface area (Å²) in [5, 5.41) is 5.01. The van der Waals surface area contributed by atoms with Crippen LogP contribution in [0.2, 0.25) is 0 Å². The van der Waals surface area contributed by atoms with Gasteiger partial charge in [-0.25, -0.2) is 9.37 Å². The van der Waals surface area contributed by atoms with Crippen LogP contribution in [-0.2, 0) is 11.3 Å². The number of carbonyl (C=O) groups is 3. The number of Topliss-reactive ketones (excluding diaryl/α,β-unsaturated/α-hetero) is 1. The summed E-state index contributed by atoms with van der Waals surface area (Å²) in [5.74, 6) is -0.413. The Balaban J connectivity index is 1.49. The number of rotatable bonds is 9. The minimum atomic E-state index is -0.396. The summed E-state index contributed by atoms with van der Waals surface area (Å²) in [6.45, 7) is 2.28. The fourth-order valence-electron chi connectivity index (χ4n) is 3.26. The first-order valence-electron chi connectivity index (χ1n) is 10.7. The SMILES string of the molecule is CCCNC(=O)c1csc(CN2C(=O)COc3ccc(C(=O)COc4ccc(F)cc4)cc32)n1. The molecule has 2 aromatic carbocycles. The average molecular weight is 484 g/mol. The second kappa shape index (κ2) is 10.4. The van der Waals surface area contributed by atoms with Gasteiger partial charge in [-0.1, -0.05) is 6.92 Å². The van der Waals surface area contributed by atoms with E-state index in [4.69, 9.17) is 9.47 Å². The van der Waals surface area contributed by atoms with E-state index in [0.717, 1.165) is 6.42 Å². The number of hydrogen-bond donors (Lipinski definition) is 1. The highest BCUT2D eigenvalue weighted by Gasteiger charge is 2.28. The molecule has 0 radical (unpaired) electrons. The van der Waals surface area contributed by atoms with E-state index in [0.29, 0.717) is 40.0 Å². The molecule has 2 heterocycles. The molecule has 10 heteroatoms. The zero-order valence-corrected chi connectivity index (χ0v) is 19.2. The van der Waals surface area contributed by atoms with E-state index < -0.39 is 5.82 Å². The molecule has 1 aliphatic heterocycles. The maximum absolute atomic E-state index is 13.0. The van der Waals surface area contributed by atoms with Gasteiger partial charge in [0.2, 0.25) is 0 Å². The number of ether oxygens (including phenoxy) is 2. The number of carbonyl (C=O) groups excluding carboxylic acids is 3. The first-order chi connectivity index (χ1) is 16.4. The Hall–Kier alpha value is -3.79. The molecule has 0 saturated heterocycles. The fourth-order valence-corrected chi connectivity index (χ4v) is 4.03. The van der Waals surface area contributed by atoms with E-state index >= 15 is 0 Å². The zero-order valence-electron chi connectivity index (χ0n) is 18.4. The van der Waals surface area contributed by atoms with Gasteiger partial charge in [-0.15, -0.1) is 11.3 Å². The van der Waals surface area contributed by atoms with E-state index in [1.807, 2.05) is 6.92 Å². The maximum atomic E-state index is 13.0. The Morgan fingerprint density at radius 2 is 2.03 bits per heavy atom. The van der Waals surface area contributed by atoms with Crippen molar-refractivity contribution < 1.29 is 28.2 Å². The summed E-state index contributed by atoms with van der Waals surface area (Å²) >= 11 is 1.28. The molecule has 176 valence electrons. The van der Waals surface area contributed by atoms with Crippen molar-refractivity contribution >= 4 is 34.6 Å². The molecule has 0 spiro atoms. The lowest BCUT2D eigenvalue weighted by molar-refractivity contribution is -0.121. The molecule has 34 heavy (non-hydrogen) atoms. The smallest absolute Gasteiger partial charge is 0.270 e. The molecule has 0 fully saturated rings. The van der Waals surface area contributed by atoms with Gasteiger partial charge < -0.3 is 14.8 Å². The van der Waals surface area contributed by atoms with Gasteiger partial charge in [0.15, 0.2) is 19.0 Å². The predicted molar refractivity (Wildman–Crippen MR) is 124 cm³/mol. The summed E-state index contributed by atoms with van der Waals surface area (Å²) in [7, 11) is 0. The molecular formula is C24H22FN3O5S. The van der Waals surface area contributed by atoms with Crippen LogP contribution in [0.1, 0.15) is 39.2 Å². The van der Waals surface area contributed by atoms with Gasteiger partial charge in [0, 0.05) is 17.5 Å². The Labute approximate surface area is 199 Å². The molecular weight excluding hydrogens is 461 g/mol. The Morgan fingerprint density at radius 1 is 1.24 bits per heavy atom. The van der Waals surface area contributed by atoms with Crippen LogP contribution in [0.4, 0.5) is 10.1 Å². The molecule has 0 aliphatic carbocycles. The topological polar surface area (TPSA) is 97.8 Å². The van der Waals surface area contributed by atoms with Crippen molar-refractivity contribution in [2.75, 3.05) is 24.7 Å². The second-order valence-corrected chi connectivity index (χ2v) is 8.44. The van der Waals surface area contributed by atoms with E-state index in [-0.39, 0.29) is 37.4 Å². The summed E-state index contributed by atoms with van der Waals surface area (Å²) in [6.07, 6.45) is 0.817. The number of anilines is 1. The number of hydrogen-bond acceptors (Lipinski definition) is 7. The van der Waals surface area contributed by atoms with Crippen LogP contribution in [-0.4, -0.2) is 42.3 Å². The van der Waals surface area contributed by atoms with Gasteiger partial charge in [-0.3, -0.25) is 19.3 Å². The lowest BCUT2D eigenvalue weighted by Crippen LogP contribution is -2.38. The van der Waals surface area contributed by atoms with Crippen molar-refractivity contribution in [1.29, 1.82) is 0 Å². The first-order valence-corrected chi connectivity index (χ1v) is 11.5. The zero-order chi connectivity index (χ0) is 24.1. The normalized spacial score (nSPS) is 12.6. The van der Waals surface area contributed by atoms with Gasteiger partial charge in [0.25, 0.3) is 11.8 Å². The number of halogens is 1. The Morgan fingerprint density at radius 3 is 2.79 bits per heavy atom. The van der Waals surface area contributed by atoms with E-state index in [1.54, 1.807) is 23.6 Å². The standard InChI is InChI=1S/C24H22FN3O5S/c1-2-9-26-24(31)18-14-34-22(27-18)11-28-19-10-15(3-8-21(19)33-13-23(28)30)20(29)12-32-17-6-4-16(25)5-7-17/h3-8,10,14H,2,9,11-13H2,1H3,(H,26,31). The van der Waals surface area contributed by atoms with Gasteiger partial charge in [0.1, 0.15) is 28.0 Å². The van der Waals surface area contributed by atoms with Gasteiger partial charge in [0.05, 0.1) is 12.2 Å². The third kappa shape index (κ3) is 5.40. The van der Waals surface area contributed by atoms with E-state index in [2.05, 4.69) is 10.3 Å². The molecule has 0 bridgehead atoms. The van der Waals surface area contributed by atoms with Crippen molar-refractivity contribution in [2.45, 2.75) is 19.9 Å². The van der Waals surface area contributed by atoms with E-state index in [1.165, 1.54) is 40.5 Å². The minimum absolute atomic E-state index is 0.136. The molecule has 1 aliphatic rings. The summed E-state index contributed by atoms with van der Waals surface area (Å²) < 4.78 is 24.0. The molecule has 1 N–H and O–H groups in total. The molecule has 0 unspecified atom stereocenters. The number of benzene rings is 2. The minimum Gasteiger partial charge on any atom is -0.485 e. The van der Waals surface area contributed by atoms with Crippen molar-refractivity contribution in [3.8, 4) is 11.5 Å². The number of aromatic nitrogens is 1. The lowest BCUT2D eigenvalue weighted by Gasteiger charge is -2.29. The number of amides is 2. The Bertz CT molecular complexity index is 1210. The molecule has 8 nitrogen and oxygen atoms in total. The fraction of sp³-hybridized carbons (Fsp3) is 0.250. The van der Waals surface area contributed by atoms with Crippen LogP contribution in [0.15, 0.2) is 47.8 Å². The molecule has 2 amide bonds. The van der Waals surface area contributed by atoms with Crippen molar-refractivity contribution in [2.24, 2.45) is 0 Å². The van der Waals surface area contributed by atoms with Crippen LogP contribution < -0.4 is 19.7 Å². The average Bonchev–Trinajstić information content (AvgIpc) is 3.32. The third-order valence-electron chi connectivity index (χ3n) is 5.02.